The molecule has 0 radical (unpaired) electrons. The number of hydrogen-bond acceptors (Lipinski definition) is 8. The van der Waals surface area contributed by atoms with E-state index in [0.717, 1.165) is 16.0 Å². The zero-order valence-corrected chi connectivity index (χ0v) is 22.7. The summed E-state index contributed by atoms with van der Waals surface area (Å²) in [6.45, 7) is 3.99. The molecule has 3 aliphatic rings. The molecule has 1 saturated heterocycles. The molecule has 2 atom stereocenters. The number of Topliss-reactive ketones (excluding diaryl/α,β-unsaturated/α-hetero) is 1. The molecule has 0 aromatic heterocycles. The van der Waals surface area contributed by atoms with Crippen LogP contribution in [0, 0.1) is 6.92 Å². The molecule has 1 fully saturated rings. The maximum Gasteiger partial charge on any atom is 0.526 e. The van der Waals surface area contributed by atoms with Gasteiger partial charge in [-0.3, -0.25) is 28.7 Å². The molecule has 4 amide bonds. The Morgan fingerprint density at radius 2 is 1.90 bits per heavy atom. The Morgan fingerprint density at radius 1 is 1.15 bits per heavy atom. The average molecular weight is 569 g/mol. The number of carbonyl (C=O) groups is 4. The summed E-state index contributed by atoms with van der Waals surface area (Å²) in [5, 5.41) is 13.2. The summed E-state index contributed by atoms with van der Waals surface area (Å²) >= 11 is 0. The van der Waals surface area contributed by atoms with Crippen LogP contribution in [0.25, 0.3) is 0 Å². The van der Waals surface area contributed by atoms with E-state index in [-0.39, 0.29) is 36.4 Å². The second-order valence-electron chi connectivity index (χ2n) is 9.94. The summed E-state index contributed by atoms with van der Waals surface area (Å²) in [5.41, 5.74) is 2.37. The Bertz CT molecular complexity index is 1520. The van der Waals surface area contributed by atoms with Crippen LogP contribution in [0.1, 0.15) is 36.1 Å². The van der Waals surface area contributed by atoms with Crippen LogP contribution in [0.15, 0.2) is 36.4 Å². The molecule has 5 rings (SSSR count). The van der Waals surface area contributed by atoms with E-state index in [1.165, 1.54) is 23.1 Å². The van der Waals surface area contributed by atoms with Crippen LogP contribution in [0.2, 0.25) is 5.82 Å². The van der Waals surface area contributed by atoms with Crippen molar-refractivity contribution in [2.45, 2.75) is 38.5 Å². The number of amides is 4. The fraction of sp³-hybridized carbons (Fsp3) is 0.360. The largest absolute Gasteiger partial charge is 0.536 e. The first-order valence-electron chi connectivity index (χ1n) is 12.8. The van der Waals surface area contributed by atoms with Gasteiger partial charge in [-0.15, -0.1) is 0 Å². The minimum absolute atomic E-state index is 0.0512. The third-order valence-corrected chi connectivity index (χ3v) is 8.25. The SMILES string of the molecule is CCN1CCN(C(=O)NC(C(=O)C[C@H]2Cc3cccc(C)c3OB2O)c2ccc3c(c2)NS(=O)(=O)N3)C(=O)C1=O. The third kappa shape index (κ3) is 5.21. The molecule has 3 aliphatic heterocycles. The van der Waals surface area contributed by atoms with Gasteiger partial charge in [-0.1, -0.05) is 24.3 Å². The van der Waals surface area contributed by atoms with Crippen LogP contribution in [-0.2, 0) is 31.0 Å². The van der Waals surface area contributed by atoms with E-state index in [0.29, 0.717) is 18.7 Å². The highest BCUT2D eigenvalue weighted by Gasteiger charge is 2.40. The molecular weight excluding hydrogens is 541 g/mol. The fourth-order valence-electron chi connectivity index (χ4n) is 5.14. The number of ketones is 1. The number of fused-ring (bicyclic) bond motifs is 2. The van der Waals surface area contributed by atoms with Gasteiger partial charge in [-0.05, 0) is 49.1 Å². The summed E-state index contributed by atoms with van der Waals surface area (Å²) in [4.78, 5) is 53.9. The molecule has 0 saturated carbocycles. The summed E-state index contributed by atoms with van der Waals surface area (Å²) in [6, 6.07) is 7.63. The van der Waals surface area contributed by atoms with Crippen molar-refractivity contribution in [3.8, 4) is 5.75 Å². The maximum atomic E-state index is 13.7. The van der Waals surface area contributed by atoms with E-state index in [9.17, 15) is 32.6 Å². The smallest absolute Gasteiger partial charge is 0.526 e. The van der Waals surface area contributed by atoms with Crippen molar-refractivity contribution >= 4 is 52.3 Å². The molecule has 210 valence electrons. The standard InChI is InChI=1S/C25H28BN5O8S/c1-3-30-9-10-31(24(34)23(30)33)25(35)27-21(15-7-8-18-19(12-15)29-40(37,38)28-18)20(32)13-17-11-16-6-4-5-14(2)22(16)39-26(17)36/h4-8,12,17,21,28-29,36H,3,9-11,13H2,1-2H3,(H,27,35)/t17-,21?/m1/s1. The van der Waals surface area contributed by atoms with Crippen molar-refractivity contribution in [3.05, 3.63) is 53.1 Å². The van der Waals surface area contributed by atoms with Gasteiger partial charge in [0.15, 0.2) is 5.78 Å². The zero-order valence-electron chi connectivity index (χ0n) is 21.8. The number of hydrogen-bond donors (Lipinski definition) is 4. The summed E-state index contributed by atoms with van der Waals surface area (Å²) in [6.07, 6.45) is 0.154. The molecule has 0 spiro atoms. The van der Waals surface area contributed by atoms with Gasteiger partial charge in [0.25, 0.3) is 0 Å². The van der Waals surface area contributed by atoms with Gasteiger partial charge in [-0.2, -0.15) is 8.42 Å². The van der Waals surface area contributed by atoms with Crippen LogP contribution in [-0.4, -0.2) is 73.6 Å². The Kier molecular flexibility index (Phi) is 7.18. The van der Waals surface area contributed by atoms with Crippen molar-refractivity contribution in [2.24, 2.45) is 0 Å². The lowest BCUT2D eigenvalue weighted by Crippen LogP contribution is -2.58. The van der Waals surface area contributed by atoms with Gasteiger partial charge in [0.2, 0.25) is 0 Å². The molecule has 0 aliphatic carbocycles. The summed E-state index contributed by atoms with van der Waals surface area (Å²) in [7, 11) is -5.08. The number of benzene rings is 2. The lowest BCUT2D eigenvalue weighted by Gasteiger charge is -2.33. The van der Waals surface area contributed by atoms with Crippen molar-refractivity contribution in [2.75, 3.05) is 29.1 Å². The molecule has 4 N–H and O–H groups in total. The molecule has 15 heteroatoms. The van der Waals surface area contributed by atoms with Gasteiger partial charge in [-0.25, -0.2) is 4.79 Å². The number of nitrogens with one attached hydrogen (secondary N) is 3. The highest BCUT2D eigenvalue weighted by Crippen LogP contribution is 2.38. The predicted octanol–water partition coefficient (Wildman–Crippen LogP) is 0.964. The van der Waals surface area contributed by atoms with Gasteiger partial charge in [0, 0.05) is 31.9 Å². The Labute approximate surface area is 231 Å². The molecule has 2 aromatic carbocycles. The minimum Gasteiger partial charge on any atom is -0.536 e. The van der Waals surface area contributed by atoms with E-state index < -0.39 is 52.8 Å². The Balaban J connectivity index is 1.41. The minimum atomic E-state index is -3.81. The molecule has 1 unspecified atom stereocenters. The average Bonchev–Trinajstić information content (AvgIpc) is 3.22. The van der Waals surface area contributed by atoms with Gasteiger partial charge < -0.3 is 19.9 Å². The third-order valence-electron chi connectivity index (χ3n) is 7.27. The number of anilines is 2. The van der Waals surface area contributed by atoms with Crippen LogP contribution in [0.4, 0.5) is 16.2 Å². The maximum absolute atomic E-state index is 13.7. The van der Waals surface area contributed by atoms with Gasteiger partial charge in [0.05, 0.1) is 11.4 Å². The Morgan fingerprint density at radius 3 is 2.65 bits per heavy atom. The number of aryl methyl sites for hydroxylation is 1. The lowest BCUT2D eigenvalue weighted by atomic mass is 9.64. The summed E-state index contributed by atoms with van der Waals surface area (Å²) < 4.78 is 34.2. The Hall–Kier alpha value is -4.11. The van der Waals surface area contributed by atoms with Crippen LogP contribution < -0.4 is 19.4 Å². The van der Waals surface area contributed by atoms with Gasteiger partial charge >= 0.3 is 35.2 Å². The second-order valence-corrected chi connectivity index (χ2v) is 11.4. The predicted molar refractivity (Wildman–Crippen MR) is 145 cm³/mol. The van der Waals surface area contributed by atoms with Crippen molar-refractivity contribution in [1.29, 1.82) is 0 Å². The quantitative estimate of drug-likeness (QED) is 0.294. The number of para-hydroxylation sites is 1. The molecule has 2 aromatic rings. The molecule has 0 bridgehead atoms. The number of rotatable bonds is 6. The first-order chi connectivity index (χ1) is 19.0. The van der Waals surface area contributed by atoms with E-state index in [4.69, 9.17) is 4.65 Å². The number of urea groups is 1. The first kappa shape index (κ1) is 27.5. The molecule has 3 heterocycles. The highest BCUT2D eigenvalue weighted by molar-refractivity contribution is 7.94. The number of carbonyl (C=O) groups excluding carboxylic acids is 4. The van der Waals surface area contributed by atoms with Crippen LogP contribution in [0.3, 0.4) is 0 Å². The van der Waals surface area contributed by atoms with Crippen LogP contribution >= 0.6 is 0 Å². The fourth-order valence-corrected chi connectivity index (χ4v) is 6.12. The normalized spacial score (nSPS) is 20.1. The van der Waals surface area contributed by atoms with E-state index in [2.05, 4.69) is 14.8 Å². The molecule has 13 nitrogen and oxygen atoms in total. The number of piperazine rings is 1. The zero-order chi connectivity index (χ0) is 28.8. The van der Waals surface area contributed by atoms with Crippen molar-refractivity contribution < 1.29 is 37.3 Å². The summed E-state index contributed by atoms with van der Waals surface area (Å²) in [5.74, 6) is -2.40. The topological polar surface area (TPSA) is 174 Å². The van der Waals surface area contributed by atoms with E-state index in [1.807, 2.05) is 25.1 Å². The molecule has 40 heavy (non-hydrogen) atoms. The van der Waals surface area contributed by atoms with Crippen molar-refractivity contribution in [1.82, 2.24) is 15.1 Å². The second kappa shape index (κ2) is 10.5. The van der Waals surface area contributed by atoms with Gasteiger partial charge in [0.1, 0.15) is 11.8 Å². The number of nitrogens with zero attached hydrogens (tertiary/aromatic N) is 2. The number of imide groups is 1. The lowest BCUT2D eigenvalue weighted by molar-refractivity contribution is -0.153. The first-order valence-corrected chi connectivity index (χ1v) is 14.3. The highest BCUT2D eigenvalue weighted by atomic mass is 32.2. The van der Waals surface area contributed by atoms with Crippen LogP contribution in [0.5, 0.6) is 5.75 Å². The van der Waals surface area contributed by atoms with Crippen molar-refractivity contribution in [3.63, 3.8) is 0 Å². The van der Waals surface area contributed by atoms with E-state index >= 15 is 0 Å². The van der Waals surface area contributed by atoms with E-state index in [1.54, 1.807) is 6.92 Å². The molecular formula is C25H28BN5O8S. The number of likely N-dealkylation sites (N-methyl/N-ethyl adjacent to an activating group) is 1. The monoisotopic (exact) mass is 569 g/mol.